The Morgan fingerprint density at radius 2 is 2.33 bits per heavy atom. The van der Waals surface area contributed by atoms with E-state index in [2.05, 4.69) is 17.5 Å². The van der Waals surface area contributed by atoms with E-state index in [0.717, 1.165) is 12.8 Å². The van der Waals surface area contributed by atoms with Crippen LogP contribution in [0.15, 0.2) is 0 Å². The van der Waals surface area contributed by atoms with Gasteiger partial charge >= 0.3 is 0 Å². The maximum atomic E-state index is 11.3. The first-order chi connectivity index (χ1) is 5.57. The highest BCUT2D eigenvalue weighted by molar-refractivity contribution is 7.85. The summed E-state index contributed by atoms with van der Waals surface area (Å²) in [6.45, 7) is 0.658. The van der Waals surface area contributed by atoms with Gasteiger partial charge in [0.2, 0.25) is 0 Å². The van der Waals surface area contributed by atoms with Crippen molar-refractivity contribution in [2.45, 2.75) is 24.0 Å². The topological polar surface area (TPSA) is 55.1 Å². The molecule has 1 saturated carbocycles. The zero-order chi connectivity index (χ0) is 9.19. The number of hydrogen-bond acceptors (Lipinski definition) is 2. The molecule has 0 aromatic carbocycles. The summed E-state index contributed by atoms with van der Waals surface area (Å²) in [5.74, 6) is 0. The van der Waals surface area contributed by atoms with E-state index in [9.17, 15) is 4.21 Å². The van der Waals surface area contributed by atoms with Crippen LogP contribution in [-0.4, -0.2) is 26.9 Å². The Morgan fingerprint density at radius 1 is 1.75 bits per heavy atom. The van der Waals surface area contributed by atoms with E-state index in [-0.39, 0.29) is 4.75 Å². The van der Waals surface area contributed by atoms with Crippen LogP contribution in [0.4, 0.5) is 0 Å². The molecule has 0 radical (unpaired) electrons. The van der Waals surface area contributed by atoms with E-state index >= 15 is 0 Å². The number of nitrogens with two attached hydrogens (primary N) is 1. The van der Waals surface area contributed by atoms with Gasteiger partial charge in [-0.25, -0.2) is 0 Å². The van der Waals surface area contributed by atoms with Crippen LogP contribution in [-0.2, 0) is 10.8 Å². The van der Waals surface area contributed by atoms with Crippen LogP contribution >= 0.6 is 12.2 Å². The largest absolute Gasteiger partial charge is 0.376 e. The van der Waals surface area contributed by atoms with Crippen molar-refractivity contribution in [2.24, 2.45) is 5.73 Å². The molecule has 0 saturated heterocycles. The lowest BCUT2D eigenvalue weighted by atomic mass is 9.84. The van der Waals surface area contributed by atoms with Crippen molar-refractivity contribution in [1.29, 1.82) is 0 Å². The standard InChI is InChI=1S/C7H14N2OS2/c1-12(10)7(3-2-4-7)5-9-6(8)11/h2-5H2,1H3,(H3,8,9,11). The van der Waals surface area contributed by atoms with Crippen LogP contribution in [0.25, 0.3) is 0 Å². The fraction of sp³-hybridized carbons (Fsp3) is 0.857. The zero-order valence-corrected chi connectivity index (χ0v) is 8.76. The summed E-state index contributed by atoms with van der Waals surface area (Å²) in [5, 5.41) is 3.18. The number of hydrogen-bond donors (Lipinski definition) is 2. The Balaban J connectivity index is 2.45. The summed E-state index contributed by atoms with van der Waals surface area (Å²) in [6.07, 6.45) is 4.95. The Labute approximate surface area is 80.5 Å². The highest BCUT2D eigenvalue weighted by Gasteiger charge is 2.40. The summed E-state index contributed by atoms with van der Waals surface area (Å²) in [7, 11) is -0.776. The fourth-order valence-corrected chi connectivity index (χ4v) is 2.60. The van der Waals surface area contributed by atoms with Gasteiger partial charge in [-0.05, 0) is 25.1 Å². The Morgan fingerprint density at radius 3 is 2.58 bits per heavy atom. The van der Waals surface area contributed by atoms with Crippen LogP contribution in [0.5, 0.6) is 0 Å². The molecule has 1 rings (SSSR count). The summed E-state index contributed by atoms with van der Waals surface area (Å²) in [4.78, 5) is 0. The molecule has 1 unspecified atom stereocenters. The van der Waals surface area contributed by atoms with Crippen molar-refractivity contribution in [3.05, 3.63) is 0 Å². The molecule has 0 amide bonds. The first kappa shape index (κ1) is 9.92. The summed E-state index contributed by atoms with van der Waals surface area (Å²) in [6, 6.07) is 0. The van der Waals surface area contributed by atoms with Crippen molar-refractivity contribution in [3.8, 4) is 0 Å². The van der Waals surface area contributed by atoms with Gasteiger partial charge in [0.15, 0.2) is 5.11 Å². The molecule has 0 aromatic heterocycles. The van der Waals surface area contributed by atoms with E-state index in [4.69, 9.17) is 5.73 Å². The van der Waals surface area contributed by atoms with Gasteiger partial charge in [-0.2, -0.15) is 0 Å². The summed E-state index contributed by atoms with van der Waals surface area (Å²) >= 11 is 4.69. The third kappa shape index (κ3) is 1.95. The van der Waals surface area contributed by atoms with Gasteiger partial charge in [0.05, 0.1) is 4.75 Å². The lowest BCUT2D eigenvalue weighted by Gasteiger charge is -2.39. The Hall–Kier alpha value is -0.160. The smallest absolute Gasteiger partial charge is 0.163 e. The highest BCUT2D eigenvalue weighted by atomic mass is 32.2. The molecule has 12 heavy (non-hydrogen) atoms. The van der Waals surface area contributed by atoms with E-state index in [1.807, 2.05) is 0 Å². The minimum Gasteiger partial charge on any atom is -0.376 e. The maximum absolute atomic E-state index is 11.3. The molecule has 1 aliphatic carbocycles. The molecule has 0 aliphatic heterocycles. The van der Waals surface area contributed by atoms with Crippen LogP contribution in [0.2, 0.25) is 0 Å². The van der Waals surface area contributed by atoms with E-state index in [0.29, 0.717) is 11.7 Å². The molecule has 3 N–H and O–H groups in total. The number of nitrogens with one attached hydrogen (secondary N) is 1. The zero-order valence-electron chi connectivity index (χ0n) is 7.13. The molecular formula is C7H14N2OS2. The molecule has 0 spiro atoms. The van der Waals surface area contributed by atoms with Gasteiger partial charge in [0.1, 0.15) is 0 Å². The van der Waals surface area contributed by atoms with Gasteiger partial charge in [-0.15, -0.1) is 0 Å². The first-order valence-corrected chi connectivity index (χ1v) is 5.90. The molecule has 0 heterocycles. The molecule has 1 aliphatic rings. The fourth-order valence-electron chi connectivity index (χ4n) is 1.39. The average molecular weight is 206 g/mol. The monoisotopic (exact) mass is 206 g/mol. The number of rotatable bonds is 3. The van der Waals surface area contributed by atoms with Crippen molar-refractivity contribution in [2.75, 3.05) is 12.8 Å². The van der Waals surface area contributed by atoms with Crippen molar-refractivity contribution >= 4 is 28.1 Å². The minimum absolute atomic E-state index is 0.0522. The second-order valence-corrected chi connectivity index (χ2v) is 5.42. The molecule has 70 valence electrons. The maximum Gasteiger partial charge on any atom is 0.163 e. The summed E-state index contributed by atoms with van der Waals surface area (Å²) < 4.78 is 11.3. The number of thiocarbonyl (C=S) groups is 1. The quantitative estimate of drug-likeness (QED) is 0.644. The molecule has 3 nitrogen and oxygen atoms in total. The molecule has 0 aromatic rings. The second-order valence-electron chi connectivity index (χ2n) is 3.21. The van der Waals surface area contributed by atoms with E-state index in [1.54, 1.807) is 6.26 Å². The summed E-state index contributed by atoms with van der Waals surface area (Å²) in [5.41, 5.74) is 5.30. The van der Waals surface area contributed by atoms with Crippen LogP contribution in [0.1, 0.15) is 19.3 Å². The Bertz CT molecular complexity index is 213. The first-order valence-electron chi connectivity index (χ1n) is 3.94. The van der Waals surface area contributed by atoms with E-state index in [1.165, 1.54) is 6.42 Å². The van der Waals surface area contributed by atoms with E-state index < -0.39 is 10.8 Å². The molecule has 0 bridgehead atoms. The second kappa shape index (κ2) is 3.70. The minimum atomic E-state index is -0.776. The van der Waals surface area contributed by atoms with Gasteiger partial charge in [0, 0.05) is 23.6 Å². The lowest BCUT2D eigenvalue weighted by Crippen LogP contribution is -2.51. The highest BCUT2D eigenvalue weighted by Crippen LogP contribution is 2.36. The predicted octanol–water partition coefficient (Wildman–Crippen LogP) is 0.121. The van der Waals surface area contributed by atoms with Gasteiger partial charge in [-0.3, -0.25) is 4.21 Å². The van der Waals surface area contributed by atoms with Gasteiger partial charge < -0.3 is 11.1 Å². The lowest BCUT2D eigenvalue weighted by molar-refractivity contribution is 0.351. The third-order valence-corrected chi connectivity index (χ3v) is 4.38. The molecule has 1 fully saturated rings. The predicted molar refractivity (Wildman–Crippen MR) is 55.4 cm³/mol. The Kier molecular flexibility index (Phi) is 3.06. The van der Waals surface area contributed by atoms with Crippen molar-refractivity contribution < 1.29 is 4.21 Å². The van der Waals surface area contributed by atoms with Crippen LogP contribution in [0.3, 0.4) is 0 Å². The average Bonchev–Trinajstić information content (AvgIpc) is 1.83. The van der Waals surface area contributed by atoms with Gasteiger partial charge in [0.25, 0.3) is 0 Å². The molecular weight excluding hydrogens is 192 g/mol. The SMILES string of the molecule is CS(=O)C1(CNC(N)=S)CCC1. The van der Waals surface area contributed by atoms with Gasteiger partial charge in [-0.1, -0.05) is 6.42 Å². The molecule has 5 heteroatoms. The normalized spacial score (nSPS) is 22.4. The molecule has 1 atom stereocenters. The van der Waals surface area contributed by atoms with Crippen LogP contribution < -0.4 is 11.1 Å². The van der Waals surface area contributed by atoms with Crippen molar-refractivity contribution in [1.82, 2.24) is 5.32 Å². The van der Waals surface area contributed by atoms with Crippen molar-refractivity contribution in [3.63, 3.8) is 0 Å². The third-order valence-electron chi connectivity index (χ3n) is 2.46. The van der Waals surface area contributed by atoms with Crippen LogP contribution in [0, 0.1) is 0 Å².